The molecule has 3 aliphatic rings. The number of nitrogens with one attached hydrogen (secondary N) is 8. The van der Waals surface area contributed by atoms with E-state index in [9.17, 15) is 33.5 Å². The standard InChI is InChI=1S/C68H89FN10O11S2/c1-8-12-44-13-9-14-46(31-44)34-54-63(84)76-56(35-49-37-71-53-22-19-50(69)36-52(49)53)65(86)78-28-23-58(80)60(78)64(85)77-57(43(4)89-6)38-72-55(33-45-17-20-51(90-7)21-18-45)66(87)79-27-11-25-68(79,5)67(88)70-26-30-92-40-48-16-10-15-47(32-48)39-91-29-24-59(81)73-41(2)61(82)74-42(3)62(83)75-54/h9-10,13-22,31-32,36-37,41-43,54-58,60,71-72,80H,8,11-12,23-30,33-35,38-40H2,1-7H3,(H,70,88)(H,73,81)(H,74,82)(H,75,83)(H,76,84)(H,77,85)/t41-,42+,43+,54-,55-,56-,57+,58-,60-,68-/m0/s1. The lowest BCUT2D eigenvalue weighted by Crippen LogP contribution is -2.62. The fraction of sp³-hybridized carbons (Fsp3) is 0.500. The first-order valence-corrected chi connectivity index (χ1v) is 34.0. The van der Waals surface area contributed by atoms with Crippen LogP contribution in [0.1, 0.15) is 100 Å². The quantitative estimate of drug-likeness (QED) is 0.0861. The van der Waals surface area contributed by atoms with Crippen molar-refractivity contribution in [3.63, 3.8) is 0 Å². The second-order valence-electron chi connectivity index (χ2n) is 24.3. The molecule has 2 fully saturated rings. The van der Waals surface area contributed by atoms with Crippen molar-refractivity contribution in [3.05, 3.63) is 136 Å². The lowest BCUT2D eigenvalue weighted by Gasteiger charge is -2.37. The highest BCUT2D eigenvalue weighted by molar-refractivity contribution is 7.98. The maximum Gasteiger partial charge on any atom is 0.246 e. The molecule has 21 nitrogen and oxygen atoms in total. The maximum absolute atomic E-state index is 15.4. The highest BCUT2D eigenvalue weighted by Gasteiger charge is 2.48. The number of methoxy groups -OCH3 is 2. The molecule has 496 valence electrons. The van der Waals surface area contributed by atoms with E-state index in [2.05, 4.69) is 48.3 Å². The highest BCUT2D eigenvalue weighted by Crippen LogP contribution is 2.32. The van der Waals surface area contributed by atoms with Crippen molar-refractivity contribution in [2.45, 2.75) is 164 Å². The fourth-order valence-electron chi connectivity index (χ4n) is 12.1. The molecule has 8 amide bonds. The number of carbonyl (C=O) groups is 8. The van der Waals surface area contributed by atoms with Crippen LogP contribution in [0.4, 0.5) is 4.39 Å². The van der Waals surface area contributed by atoms with Crippen LogP contribution < -0.4 is 42.0 Å². The predicted molar refractivity (Wildman–Crippen MR) is 354 cm³/mol. The first-order valence-electron chi connectivity index (χ1n) is 31.7. The summed E-state index contributed by atoms with van der Waals surface area (Å²) in [5.74, 6) is -2.10. The number of aromatic amines is 1. The number of rotatable bonds is 11. The monoisotopic (exact) mass is 1300 g/mol. The third kappa shape index (κ3) is 18.6. The van der Waals surface area contributed by atoms with Gasteiger partial charge in [0.2, 0.25) is 47.3 Å². The van der Waals surface area contributed by atoms with Crippen molar-refractivity contribution in [2.24, 2.45) is 0 Å². The molecule has 5 aromatic rings. The van der Waals surface area contributed by atoms with Crippen molar-refractivity contribution in [3.8, 4) is 5.75 Å². The van der Waals surface area contributed by atoms with Crippen LogP contribution >= 0.6 is 23.5 Å². The van der Waals surface area contributed by atoms with Gasteiger partial charge in [0.15, 0.2) is 0 Å². The van der Waals surface area contributed by atoms with Gasteiger partial charge in [0.05, 0.1) is 31.4 Å². The molecule has 0 aliphatic carbocycles. The minimum Gasteiger partial charge on any atom is -0.497 e. The van der Waals surface area contributed by atoms with Crippen LogP contribution in [-0.4, -0.2) is 179 Å². The van der Waals surface area contributed by atoms with E-state index in [1.807, 2.05) is 61.5 Å². The largest absolute Gasteiger partial charge is 0.497 e. The van der Waals surface area contributed by atoms with Crippen molar-refractivity contribution in [1.82, 2.24) is 52.0 Å². The molecule has 0 spiro atoms. The third-order valence-corrected chi connectivity index (χ3v) is 19.5. The van der Waals surface area contributed by atoms with Gasteiger partial charge in [-0.15, -0.1) is 0 Å². The van der Waals surface area contributed by atoms with Gasteiger partial charge < -0.3 is 66.6 Å². The molecule has 4 aromatic carbocycles. The molecule has 2 saturated heterocycles. The first-order chi connectivity index (χ1) is 44.2. The molecule has 1 aromatic heterocycles. The lowest BCUT2D eigenvalue weighted by molar-refractivity contribution is -0.145. The number of ether oxygens (including phenoxy) is 2. The zero-order valence-electron chi connectivity index (χ0n) is 53.6. The summed E-state index contributed by atoms with van der Waals surface area (Å²) in [6.07, 6.45) is 2.16. The Hall–Kier alpha value is -7.51. The number of hydrogen-bond acceptors (Lipinski definition) is 14. The molecule has 9 N–H and O–H groups in total. The van der Waals surface area contributed by atoms with Gasteiger partial charge in [-0.05, 0) is 124 Å². The van der Waals surface area contributed by atoms with Gasteiger partial charge in [0.1, 0.15) is 47.3 Å². The van der Waals surface area contributed by atoms with E-state index in [0.29, 0.717) is 76.7 Å². The van der Waals surface area contributed by atoms with Gasteiger partial charge >= 0.3 is 0 Å². The van der Waals surface area contributed by atoms with Crippen LogP contribution in [0.2, 0.25) is 0 Å². The van der Waals surface area contributed by atoms with Gasteiger partial charge in [0.25, 0.3) is 0 Å². The molecular weight excluding hydrogens is 1220 g/mol. The molecule has 92 heavy (non-hydrogen) atoms. The Morgan fingerprint density at radius 1 is 0.717 bits per heavy atom. The smallest absolute Gasteiger partial charge is 0.246 e. The normalized spacial score (nSPS) is 25.7. The molecule has 3 aliphatic heterocycles. The van der Waals surface area contributed by atoms with E-state index in [1.54, 1.807) is 73.8 Å². The third-order valence-electron chi connectivity index (χ3n) is 17.5. The zero-order valence-corrected chi connectivity index (χ0v) is 55.2. The van der Waals surface area contributed by atoms with Crippen LogP contribution in [0, 0.1) is 5.82 Å². The SMILES string of the molecule is CCCc1cccc(C[C@@H]2NC(=O)[C@@H](C)NC(=O)[C@H](C)NC(=O)CCSCc3cccc(c3)CSCCNC(=O)[C@]3(C)CCCN3C(=O)[C@H](Cc3ccc(OC)cc3)NC[C@H]([C@@H](C)OC)NC(=O)[C@@H]3[C@@H](O)CCN3C(=O)[C@H](Cc3c[nH]c4ccc(F)cc34)NC2=O)c1. The Bertz CT molecular complexity index is 3390. The highest BCUT2D eigenvalue weighted by atomic mass is 32.2. The van der Waals surface area contributed by atoms with E-state index in [0.717, 1.165) is 35.1 Å². The Balaban J connectivity index is 1.10. The molecule has 4 heterocycles. The second-order valence-corrected chi connectivity index (χ2v) is 26.5. The Morgan fingerprint density at radius 3 is 2.13 bits per heavy atom. The van der Waals surface area contributed by atoms with Crippen LogP contribution in [0.5, 0.6) is 5.75 Å². The molecule has 0 saturated carbocycles. The number of benzene rings is 4. The minimum atomic E-state index is -1.49. The van der Waals surface area contributed by atoms with Crippen molar-refractivity contribution < 1.29 is 57.3 Å². The first kappa shape index (κ1) is 70.4. The van der Waals surface area contributed by atoms with E-state index in [-0.39, 0.29) is 62.9 Å². The number of aliphatic hydroxyl groups excluding tert-OH is 1. The van der Waals surface area contributed by atoms with E-state index < -0.39 is 95.4 Å². The summed E-state index contributed by atoms with van der Waals surface area (Å²) < 4.78 is 26.2. The number of aromatic nitrogens is 1. The summed E-state index contributed by atoms with van der Waals surface area (Å²) in [4.78, 5) is 122. The number of hydrogen-bond donors (Lipinski definition) is 9. The van der Waals surface area contributed by atoms with Gasteiger partial charge in [-0.2, -0.15) is 23.5 Å². The predicted octanol–water partition coefficient (Wildman–Crippen LogP) is 4.78. The number of nitrogens with zero attached hydrogens (tertiary/aromatic N) is 2. The van der Waals surface area contributed by atoms with Gasteiger partial charge in [0, 0.05) is 92.7 Å². The summed E-state index contributed by atoms with van der Waals surface area (Å²) in [6.45, 7) is 9.07. The van der Waals surface area contributed by atoms with Crippen LogP contribution in [0.15, 0.2) is 97.2 Å². The van der Waals surface area contributed by atoms with Crippen LogP contribution in [0.25, 0.3) is 10.9 Å². The van der Waals surface area contributed by atoms with Crippen molar-refractivity contribution in [2.75, 3.05) is 51.9 Å². The average molecular weight is 1310 g/mol. The topological polar surface area (TPSA) is 282 Å². The minimum absolute atomic E-state index is 0.0167. The summed E-state index contributed by atoms with van der Waals surface area (Å²) in [7, 11) is 3.03. The number of aliphatic hydroxyl groups is 1. The molecule has 0 radical (unpaired) electrons. The number of carbonyl (C=O) groups excluding carboxylic acids is 8. The molecular formula is C68H89FN10O11S2. The van der Waals surface area contributed by atoms with Crippen LogP contribution in [-0.2, 0) is 80.3 Å². The average Bonchev–Trinajstić information content (AvgIpc) is 1.61. The van der Waals surface area contributed by atoms with E-state index in [1.165, 1.54) is 38.0 Å². The van der Waals surface area contributed by atoms with Gasteiger partial charge in [-0.25, -0.2) is 4.39 Å². The molecule has 24 heteroatoms. The lowest BCUT2D eigenvalue weighted by atomic mass is 9.95. The maximum atomic E-state index is 15.4. The fourth-order valence-corrected chi connectivity index (χ4v) is 13.8. The van der Waals surface area contributed by atoms with Gasteiger partial charge in [-0.3, -0.25) is 38.4 Å². The zero-order chi connectivity index (χ0) is 66.1. The Kier molecular flexibility index (Phi) is 25.5. The number of fused-ring (bicyclic) bond motifs is 5. The molecule has 8 rings (SSSR count). The number of H-pyrrole nitrogens is 1. The molecule has 2 bridgehead atoms. The second kappa shape index (κ2) is 33.4. The van der Waals surface area contributed by atoms with Crippen molar-refractivity contribution in [1.29, 1.82) is 0 Å². The summed E-state index contributed by atoms with van der Waals surface area (Å²) in [5.41, 5.74) is 4.48. The number of amides is 8. The number of thioether (sulfide) groups is 2. The number of aryl methyl sites for hydroxylation is 1. The van der Waals surface area contributed by atoms with E-state index >= 15 is 14.4 Å². The Morgan fingerprint density at radius 2 is 1.40 bits per heavy atom. The van der Waals surface area contributed by atoms with Gasteiger partial charge in [-0.1, -0.05) is 74.0 Å². The summed E-state index contributed by atoms with van der Waals surface area (Å²) in [5, 5.41) is 32.8. The molecule has 10 atom stereocenters. The summed E-state index contributed by atoms with van der Waals surface area (Å²) >= 11 is 3.24. The molecule has 0 unspecified atom stereocenters. The van der Waals surface area contributed by atoms with Crippen molar-refractivity contribution >= 4 is 81.7 Å². The van der Waals surface area contributed by atoms with E-state index in [4.69, 9.17) is 9.47 Å². The Labute approximate surface area is 546 Å². The summed E-state index contributed by atoms with van der Waals surface area (Å²) in [6, 6.07) is 18.8. The number of halogens is 1. The van der Waals surface area contributed by atoms with Crippen LogP contribution in [0.3, 0.4) is 0 Å².